The number of anilines is 1. The molecule has 1 atom stereocenters. The Morgan fingerprint density at radius 1 is 1.58 bits per heavy atom. The molecule has 0 heterocycles. The van der Waals surface area contributed by atoms with Crippen molar-refractivity contribution in [3.8, 4) is 6.07 Å². The Labute approximate surface area is 117 Å². The van der Waals surface area contributed by atoms with Gasteiger partial charge in [0.05, 0.1) is 16.6 Å². The van der Waals surface area contributed by atoms with E-state index in [1.807, 2.05) is 24.8 Å². The van der Waals surface area contributed by atoms with Crippen LogP contribution in [0, 0.1) is 21.4 Å². The smallest absolute Gasteiger partial charge is 0.293 e. The zero-order valence-corrected chi connectivity index (χ0v) is 11.9. The Kier molecular flexibility index (Phi) is 6.16. The average molecular weight is 279 g/mol. The van der Waals surface area contributed by atoms with Gasteiger partial charge in [0.1, 0.15) is 5.69 Å². The Hall–Kier alpha value is -1.74. The highest BCUT2D eigenvalue weighted by atomic mass is 32.2. The van der Waals surface area contributed by atoms with Crippen molar-refractivity contribution in [1.29, 1.82) is 5.26 Å². The highest BCUT2D eigenvalue weighted by molar-refractivity contribution is 7.99. The highest BCUT2D eigenvalue weighted by Crippen LogP contribution is 2.26. The van der Waals surface area contributed by atoms with E-state index >= 15 is 0 Å². The van der Waals surface area contributed by atoms with Crippen molar-refractivity contribution in [2.24, 2.45) is 0 Å². The summed E-state index contributed by atoms with van der Waals surface area (Å²) < 4.78 is 0. The van der Waals surface area contributed by atoms with E-state index in [-0.39, 0.29) is 11.7 Å². The number of nitro groups is 1. The summed E-state index contributed by atoms with van der Waals surface area (Å²) in [5, 5.41) is 22.9. The fourth-order valence-electron chi connectivity index (χ4n) is 1.62. The van der Waals surface area contributed by atoms with Crippen molar-refractivity contribution in [3.63, 3.8) is 0 Å². The van der Waals surface area contributed by atoms with E-state index in [1.165, 1.54) is 6.07 Å². The Morgan fingerprint density at radius 3 is 2.89 bits per heavy atom. The van der Waals surface area contributed by atoms with E-state index in [2.05, 4.69) is 12.2 Å². The number of benzene rings is 1. The molecule has 0 amide bonds. The van der Waals surface area contributed by atoms with Crippen LogP contribution in [-0.4, -0.2) is 22.5 Å². The molecule has 0 radical (unpaired) electrons. The molecule has 0 bridgehead atoms. The molecule has 1 N–H and O–H groups in total. The third kappa shape index (κ3) is 4.79. The third-order valence-corrected chi connectivity index (χ3v) is 3.56. The van der Waals surface area contributed by atoms with Gasteiger partial charge in [-0.25, -0.2) is 0 Å². The molecule has 6 heteroatoms. The van der Waals surface area contributed by atoms with E-state index in [9.17, 15) is 10.1 Å². The van der Waals surface area contributed by atoms with E-state index in [0.717, 1.165) is 17.9 Å². The lowest BCUT2D eigenvalue weighted by molar-refractivity contribution is -0.384. The summed E-state index contributed by atoms with van der Waals surface area (Å²) in [5.41, 5.74) is 0.721. The summed E-state index contributed by atoms with van der Waals surface area (Å²) in [6, 6.07) is 6.55. The van der Waals surface area contributed by atoms with E-state index in [4.69, 9.17) is 5.26 Å². The van der Waals surface area contributed by atoms with Crippen molar-refractivity contribution in [3.05, 3.63) is 33.9 Å². The Balaban J connectivity index is 2.77. The lowest BCUT2D eigenvalue weighted by Gasteiger charge is -2.15. The minimum atomic E-state index is -0.462. The largest absolute Gasteiger partial charge is 0.377 e. The molecular formula is C13H17N3O2S. The molecule has 19 heavy (non-hydrogen) atoms. The lowest BCUT2D eigenvalue weighted by atomic mass is 10.1. The number of nitro benzene ring substituents is 1. The second-order valence-corrected chi connectivity index (χ2v) is 5.53. The quantitative estimate of drug-likeness (QED) is 0.470. The van der Waals surface area contributed by atoms with Crippen molar-refractivity contribution in [2.45, 2.75) is 26.3 Å². The molecule has 0 aromatic heterocycles. The summed E-state index contributed by atoms with van der Waals surface area (Å²) >= 11 is 1.85. The minimum absolute atomic E-state index is 0.0472. The number of thioether (sulfide) groups is 1. The first-order valence-corrected chi connectivity index (χ1v) is 7.26. The summed E-state index contributed by atoms with van der Waals surface area (Å²) in [6.45, 7) is 4.10. The van der Waals surface area contributed by atoms with Crippen LogP contribution in [0.15, 0.2) is 18.2 Å². The second kappa shape index (κ2) is 7.64. The Bertz CT molecular complexity index is 485. The first-order valence-electron chi connectivity index (χ1n) is 6.11. The maximum absolute atomic E-state index is 11.0. The van der Waals surface area contributed by atoms with Gasteiger partial charge < -0.3 is 5.32 Å². The molecule has 0 aliphatic rings. The fourth-order valence-corrected chi connectivity index (χ4v) is 2.43. The van der Waals surface area contributed by atoms with Gasteiger partial charge in [0.25, 0.3) is 5.69 Å². The van der Waals surface area contributed by atoms with Crippen molar-refractivity contribution >= 4 is 23.1 Å². The third-order valence-electron chi connectivity index (χ3n) is 2.62. The number of nitrogens with one attached hydrogen (secondary N) is 1. The van der Waals surface area contributed by atoms with Gasteiger partial charge in [0, 0.05) is 12.1 Å². The number of hydrogen-bond acceptors (Lipinski definition) is 5. The van der Waals surface area contributed by atoms with Gasteiger partial charge in [0.15, 0.2) is 0 Å². The molecule has 102 valence electrons. The monoisotopic (exact) mass is 279 g/mol. The summed E-state index contributed by atoms with van der Waals surface area (Å²) in [5.74, 6) is 2.10. The maximum atomic E-state index is 11.0. The van der Waals surface area contributed by atoms with Gasteiger partial charge in [-0.05, 0) is 37.0 Å². The molecular weight excluding hydrogens is 262 g/mol. The normalized spacial score (nSPS) is 11.6. The van der Waals surface area contributed by atoms with Crippen molar-refractivity contribution in [2.75, 3.05) is 16.8 Å². The van der Waals surface area contributed by atoms with Crippen LogP contribution in [0.1, 0.15) is 25.8 Å². The van der Waals surface area contributed by atoms with Crippen molar-refractivity contribution in [1.82, 2.24) is 0 Å². The van der Waals surface area contributed by atoms with Gasteiger partial charge in [-0.15, -0.1) is 0 Å². The van der Waals surface area contributed by atoms with E-state index < -0.39 is 4.92 Å². The highest BCUT2D eigenvalue weighted by Gasteiger charge is 2.16. The van der Waals surface area contributed by atoms with Crippen LogP contribution in [0.2, 0.25) is 0 Å². The van der Waals surface area contributed by atoms with Gasteiger partial charge in [0.2, 0.25) is 0 Å². The van der Waals surface area contributed by atoms with Gasteiger partial charge in [-0.2, -0.15) is 17.0 Å². The topological polar surface area (TPSA) is 79.0 Å². The molecule has 1 aromatic rings. The maximum Gasteiger partial charge on any atom is 0.293 e. The molecule has 1 unspecified atom stereocenters. The standard InChI is InChI=1S/C13H17N3O2S/c1-3-19-7-6-10(2)15-12-5-4-11(9-14)8-13(12)16(17)18/h4-5,8,10,15H,3,6-7H2,1-2H3. The van der Waals surface area contributed by atoms with Crippen molar-refractivity contribution < 1.29 is 4.92 Å². The predicted octanol–water partition coefficient (Wildman–Crippen LogP) is 3.41. The zero-order valence-electron chi connectivity index (χ0n) is 11.0. The molecule has 0 aliphatic heterocycles. The summed E-state index contributed by atoms with van der Waals surface area (Å²) in [4.78, 5) is 10.5. The molecule has 1 aromatic carbocycles. The van der Waals surface area contributed by atoms with Crippen LogP contribution in [0.5, 0.6) is 0 Å². The average Bonchev–Trinajstić information content (AvgIpc) is 2.39. The number of hydrogen-bond donors (Lipinski definition) is 1. The summed E-state index contributed by atoms with van der Waals surface area (Å²) in [7, 11) is 0. The molecule has 0 saturated carbocycles. The van der Waals surface area contributed by atoms with Crippen LogP contribution < -0.4 is 5.32 Å². The molecule has 1 rings (SSSR count). The molecule has 0 aliphatic carbocycles. The van der Waals surface area contributed by atoms with E-state index in [0.29, 0.717) is 11.3 Å². The molecule has 0 fully saturated rings. The number of rotatable bonds is 7. The Morgan fingerprint density at radius 2 is 2.32 bits per heavy atom. The van der Waals surface area contributed by atoms with Gasteiger partial charge >= 0.3 is 0 Å². The lowest BCUT2D eigenvalue weighted by Crippen LogP contribution is -2.17. The fraction of sp³-hybridized carbons (Fsp3) is 0.462. The first kappa shape index (κ1) is 15.3. The van der Waals surface area contributed by atoms with Crippen LogP contribution in [-0.2, 0) is 0 Å². The van der Waals surface area contributed by atoms with Gasteiger partial charge in [-0.1, -0.05) is 6.92 Å². The number of nitriles is 1. The molecule has 0 spiro atoms. The van der Waals surface area contributed by atoms with E-state index in [1.54, 1.807) is 12.1 Å². The number of nitrogens with zero attached hydrogens (tertiary/aromatic N) is 2. The van der Waals surface area contributed by atoms with Crippen LogP contribution >= 0.6 is 11.8 Å². The van der Waals surface area contributed by atoms with Crippen LogP contribution in [0.25, 0.3) is 0 Å². The molecule has 0 saturated heterocycles. The first-order chi connectivity index (χ1) is 9.08. The minimum Gasteiger partial charge on any atom is -0.377 e. The second-order valence-electron chi connectivity index (χ2n) is 4.13. The SMILES string of the molecule is CCSCCC(C)Nc1ccc(C#N)cc1[N+](=O)[O-]. The molecule has 5 nitrogen and oxygen atoms in total. The predicted molar refractivity (Wildman–Crippen MR) is 78.5 cm³/mol. The van der Waals surface area contributed by atoms with Crippen LogP contribution in [0.3, 0.4) is 0 Å². The zero-order chi connectivity index (χ0) is 14.3. The van der Waals surface area contributed by atoms with Gasteiger partial charge in [-0.3, -0.25) is 10.1 Å². The van der Waals surface area contributed by atoms with Crippen LogP contribution in [0.4, 0.5) is 11.4 Å². The summed E-state index contributed by atoms with van der Waals surface area (Å²) in [6.07, 6.45) is 0.940.